The normalized spacial score (nSPS) is 13.0. The fourth-order valence-electron chi connectivity index (χ4n) is 2.82. The number of nitrogens with zero attached hydrogens (tertiary/aromatic N) is 3. The summed E-state index contributed by atoms with van der Waals surface area (Å²) in [7, 11) is 0. The second-order valence-corrected chi connectivity index (χ2v) is 7.08. The fourth-order valence-corrected chi connectivity index (χ4v) is 2.99. The minimum Gasteiger partial charge on any atom is -0.382 e. The number of halogens is 1. The molecule has 0 spiro atoms. The molecule has 0 fully saturated rings. The number of amides is 1. The minimum atomic E-state index is -1.35. The number of fused-ring (bicyclic) bond motifs is 1. The topological polar surface area (TPSA) is 131 Å². The molecule has 0 unspecified atom stereocenters. The van der Waals surface area contributed by atoms with Crippen molar-refractivity contribution in [2.45, 2.75) is 19.4 Å². The summed E-state index contributed by atoms with van der Waals surface area (Å²) in [5, 5.41) is 24.0. The summed E-state index contributed by atoms with van der Waals surface area (Å²) in [6.45, 7) is 1.67. The van der Waals surface area contributed by atoms with E-state index in [-0.39, 0.29) is 11.4 Å². The lowest BCUT2D eigenvalue weighted by Crippen LogP contribution is -2.33. The molecule has 31 heavy (non-hydrogen) atoms. The van der Waals surface area contributed by atoms with Gasteiger partial charge in [-0.15, -0.1) is 0 Å². The van der Waals surface area contributed by atoms with Crippen LogP contribution in [0.25, 0.3) is 17.1 Å². The highest BCUT2D eigenvalue weighted by Gasteiger charge is 2.23. The van der Waals surface area contributed by atoms with Gasteiger partial charge in [-0.3, -0.25) is 9.59 Å². The summed E-state index contributed by atoms with van der Waals surface area (Å²) >= 11 is 5.96. The number of H-pyrrole nitrogens is 1. The molecule has 1 amide bonds. The molecule has 1 atom stereocenters. The summed E-state index contributed by atoms with van der Waals surface area (Å²) in [4.78, 5) is 31.4. The first-order chi connectivity index (χ1) is 14.9. The van der Waals surface area contributed by atoms with E-state index >= 15 is 0 Å². The van der Waals surface area contributed by atoms with Gasteiger partial charge in [0.1, 0.15) is 18.2 Å². The molecule has 0 radical (unpaired) electrons. The molecule has 3 rings (SSSR count). The van der Waals surface area contributed by atoms with E-state index in [2.05, 4.69) is 20.5 Å². The van der Waals surface area contributed by atoms with Gasteiger partial charge < -0.3 is 10.1 Å². The molecule has 1 heterocycles. The monoisotopic (exact) mass is 435 g/mol. The number of nitriles is 1. The highest BCUT2D eigenvalue weighted by molar-refractivity contribution is 6.31. The van der Waals surface area contributed by atoms with Gasteiger partial charge in [-0.2, -0.15) is 10.4 Å². The lowest BCUT2D eigenvalue weighted by atomic mass is 10.0. The number of aliphatic hydroxyl groups is 1. The minimum absolute atomic E-state index is 0.158. The van der Waals surface area contributed by atoms with Crippen LogP contribution < -0.4 is 11.0 Å². The molecule has 8 nitrogen and oxygen atoms in total. The SMILES string of the molecule is C/C(=C\c1ccccc1)[C@H](O)/C(=N/NC(=O)CC#N)c1nc2ccc(Cl)cc2[nH]c1=O. The van der Waals surface area contributed by atoms with Gasteiger partial charge in [0.05, 0.1) is 17.1 Å². The maximum absolute atomic E-state index is 12.7. The average molecular weight is 436 g/mol. The van der Waals surface area contributed by atoms with Gasteiger partial charge in [-0.25, -0.2) is 10.4 Å². The van der Waals surface area contributed by atoms with E-state index in [1.54, 1.807) is 37.3 Å². The number of aliphatic hydroxyl groups excluding tert-OH is 1. The summed E-state index contributed by atoms with van der Waals surface area (Å²) < 4.78 is 0. The number of carbonyl (C=O) groups is 1. The number of nitrogens with one attached hydrogen (secondary N) is 2. The van der Waals surface area contributed by atoms with Crippen LogP contribution in [0.2, 0.25) is 5.02 Å². The summed E-state index contributed by atoms with van der Waals surface area (Å²) in [5.74, 6) is -0.680. The number of carbonyl (C=O) groups excluding carboxylic acids is 1. The quantitative estimate of drug-likeness (QED) is 0.404. The Kier molecular flexibility index (Phi) is 6.92. The zero-order valence-corrected chi connectivity index (χ0v) is 17.2. The van der Waals surface area contributed by atoms with E-state index in [9.17, 15) is 14.7 Å². The van der Waals surface area contributed by atoms with Gasteiger partial charge in [-0.05, 0) is 36.3 Å². The summed E-state index contributed by atoms with van der Waals surface area (Å²) in [6, 6.07) is 15.8. The van der Waals surface area contributed by atoms with Gasteiger partial charge in [0.25, 0.3) is 11.5 Å². The molecule has 1 aromatic heterocycles. The molecule has 3 aromatic rings. The van der Waals surface area contributed by atoms with Gasteiger partial charge >= 0.3 is 0 Å². The predicted octanol–water partition coefficient (Wildman–Crippen LogP) is 2.77. The zero-order chi connectivity index (χ0) is 22.4. The largest absolute Gasteiger partial charge is 0.382 e. The van der Waals surface area contributed by atoms with E-state index in [0.717, 1.165) is 5.56 Å². The van der Waals surface area contributed by atoms with Crippen molar-refractivity contribution in [1.29, 1.82) is 5.26 Å². The maximum Gasteiger partial charge on any atom is 0.276 e. The number of hydrogen-bond donors (Lipinski definition) is 3. The Bertz CT molecular complexity index is 1280. The van der Waals surface area contributed by atoms with Crippen LogP contribution in [0.5, 0.6) is 0 Å². The number of benzene rings is 2. The molecule has 0 aliphatic rings. The molecular formula is C22H18ClN5O3. The first-order valence-electron chi connectivity index (χ1n) is 9.23. The molecule has 2 aromatic carbocycles. The number of aromatic nitrogens is 2. The first kappa shape index (κ1) is 21.9. The van der Waals surface area contributed by atoms with Crippen LogP contribution in [0, 0.1) is 11.3 Å². The Hall–Kier alpha value is -3.80. The van der Waals surface area contributed by atoms with E-state index < -0.39 is 24.0 Å². The van der Waals surface area contributed by atoms with Crippen molar-refractivity contribution in [3.63, 3.8) is 0 Å². The number of rotatable bonds is 6. The molecule has 0 aliphatic heterocycles. The standard InChI is InChI=1S/C22H18ClN5O3/c1-13(11-14-5-3-2-4-6-14)21(30)19(28-27-18(29)9-10-24)20-22(31)26-17-12-15(23)7-8-16(17)25-20/h2-8,11-12,21,30H,9H2,1H3,(H,26,31)(H,27,29)/b13-11+,28-19+/t21-/m0/s1. The molecular weight excluding hydrogens is 418 g/mol. The predicted molar refractivity (Wildman–Crippen MR) is 118 cm³/mol. The van der Waals surface area contributed by atoms with Crippen molar-refractivity contribution >= 4 is 40.3 Å². The Balaban J connectivity index is 2.08. The highest BCUT2D eigenvalue weighted by Crippen LogP contribution is 2.17. The van der Waals surface area contributed by atoms with Gasteiger partial charge in [-0.1, -0.05) is 48.0 Å². The van der Waals surface area contributed by atoms with E-state index in [1.807, 2.05) is 30.3 Å². The van der Waals surface area contributed by atoms with Crippen molar-refractivity contribution in [3.05, 3.63) is 80.7 Å². The lowest BCUT2D eigenvalue weighted by Gasteiger charge is -2.15. The molecule has 0 aliphatic carbocycles. The van der Waals surface area contributed by atoms with Crippen LogP contribution >= 0.6 is 11.6 Å². The Morgan fingerprint density at radius 3 is 2.81 bits per heavy atom. The van der Waals surface area contributed by atoms with Crippen LogP contribution in [0.15, 0.2) is 64.0 Å². The van der Waals surface area contributed by atoms with Crippen LogP contribution in [-0.2, 0) is 4.79 Å². The van der Waals surface area contributed by atoms with Gasteiger partial charge in [0, 0.05) is 5.02 Å². The van der Waals surface area contributed by atoms with Crippen molar-refractivity contribution in [3.8, 4) is 6.07 Å². The van der Waals surface area contributed by atoms with Crippen LogP contribution in [0.4, 0.5) is 0 Å². The van der Waals surface area contributed by atoms with Crippen molar-refractivity contribution in [2.75, 3.05) is 0 Å². The molecule has 3 N–H and O–H groups in total. The van der Waals surface area contributed by atoms with E-state index in [4.69, 9.17) is 16.9 Å². The first-order valence-corrected chi connectivity index (χ1v) is 9.61. The number of aromatic amines is 1. The molecule has 0 saturated carbocycles. The smallest absolute Gasteiger partial charge is 0.276 e. The van der Waals surface area contributed by atoms with Crippen molar-refractivity contribution < 1.29 is 9.90 Å². The van der Waals surface area contributed by atoms with Crippen molar-refractivity contribution in [2.24, 2.45) is 5.10 Å². The van der Waals surface area contributed by atoms with Crippen LogP contribution in [0.1, 0.15) is 24.6 Å². The number of hydrazone groups is 1. The second kappa shape index (κ2) is 9.80. The molecule has 9 heteroatoms. The summed E-state index contributed by atoms with van der Waals surface area (Å²) in [5.41, 5.74) is 3.40. The molecule has 156 valence electrons. The fraction of sp³-hybridized carbons (Fsp3) is 0.136. The van der Waals surface area contributed by atoms with Crippen molar-refractivity contribution in [1.82, 2.24) is 15.4 Å². The van der Waals surface area contributed by atoms with Crippen LogP contribution in [-0.4, -0.2) is 32.8 Å². The summed E-state index contributed by atoms with van der Waals surface area (Å²) in [6.07, 6.45) is -0.0428. The number of hydrogen-bond acceptors (Lipinski definition) is 6. The van der Waals surface area contributed by atoms with E-state index in [1.165, 1.54) is 0 Å². The molecule has 0 saturated heterocycles. The Morgan fingerprint density at radius 1 is 1.35 bits per heavy atom. The highest BCUT2D eigenvalue weighted by atomic mass is 35.5. The van der Waals surface area contributed by atoms with Crippen LogP contribution in [0.3, 0.4) is 0 Å². The third kappa shape index (κ3) is 5.42. The third-order valence-electron chi connectivity index (χ3n) is 4.32. The second-order valence-electron chi connectivity index (χ2n) is 6.64. The van der Waals surface area contributed by atoms with Gasteiger partial charge in [0.2, 0.25) is 0 Å². The maximum atomic E-state index is 12.7. The third-order valence-corrected chi connectivity index (χ3v) is 4.56. The Morgan fingerprint density at radius 2 is 2.10 bits per heavy atom. The lowest BCUT2D eigenvalue weighted by molar-refractivity contribution is -0.120. The average Bonchev–Trinajstić information content (AvgIpc) is 2.74. The van der Waals surface area contributed by atoms with Gasteiger partial charge in [0.15, 0.2) is 5.69 Å². The molecule has 0 bridgehead atoms. The zero-order valence-electron chi connectivity index (χ0n) is 16.5. The Labute approximate surface area is 182 Å². The van der Waals surface area contributed by atoms with E-state index in [0.29, 0.717) is 21.6 Å².